The van der Waals surface area contributed by atoms with Gasteiger partial charge in [-0.05, 0) is 55.7 Å². The van der Waals surface area contributed by atoms with E-state index < -0.39 is 28.5 Å². The Bertz CT molecular complexity index is 1340. The molecule has 5 amide bonds. The molecule has 3 aromatic rings. The first-order valence-corrected chi connectivity index (χ1v) is 14.0. The van der Waals surface area contributed by atoms with Crippen molar-refractivity contribution in [1.29, 1.82) is 0 Å². The Morgan fingerprint density at radius 3 is 1.68 bits per heavy atom. The van der Waals surface area contributed by atoms with Gasteiger partial charge in [-0.3, -0.25) is 28.9 Å². The Morgan fingerprint density at radius 2 is 1.22 bits per heavy atom. The van der Waals surface area contributed by atoms with Crippen LogP contribution in [0, 0.1) is 0 Å². The number of thiol groups is 1. The van der Waals surface area contributed by atoms with Gasteiger partial charge in [0.05, 0.1) is 16.4 Å². The summed E-state index contributed by atoms with van der Waals surface area (Å²) in [5.41, 5.74) is -0.172. The molecule has 0 spiro atoms. The van der Waals surface area contributed by atoms with Crippen LogP contribution in [-0.2, 0) is 14.4 Å². The Kier molecular flexibility index (Phi) is 9.57. The van der Waals surface area contributed by atoms with Gasteiger partial charge < -0.3 is 16.0 Å². The number of carbonyl (C=O) groups excluding carboxylic acids is 5. The highest BCUT2D eigenvalue weighted by Crippen LogP contribution is 2.24. The summed E-state index contributed by atoms with van der Waals surface area (Å²) in [6.45, 7) is 1.86. The molecule has 0 bridgehead atoms. The lowest BCUT2D eigenvalue weighted by Crippen LogP contribution is -2.64. The normalized spacial score (nSPS) is 13.4. The van der Waals surface area contributed by atoms with Crippen molar-refractivity contribution in [2.75, 3.05) is 17.2 Å². The second-order valence-electron chi connectivity index (χ2n) is 9.71. The van der Waals surface area contributed by atoms with Crippen LogP contribution in [0.4, 0.5) is 11.4 Å². The largest absolute Gasteiger partial charge is 0.333 e. The van der Waals surface area contributed by atoms with E-state index in [4.69, 9.17) is 0 Å². The number of amides is 5. The molecule has 1 atom stereocenters. The first-order valence-electron chi connectivity index (χ1n) is 13.4. The Morgan fingerprint density at radius 1 is 0.756 bits per heavy atom. The van der Waals surface area contributed by atoms with Crippen LogP contribution in [0.5, 0.6) is 0 Å². The molecule has 0 saturated heterocycles. The van der Waals surface area contributed by atoms with Crippen LogP contribution in [0.15, 0.2) is 84.9 Å². The molecule has 0 aliphatic carbocycles. The highest BCUT2D eigenvalue weighted by atomic mass is 32.1. The number of anilines is 2. The molecule has 0 unspecified atom stereocenters. The van der Waals surface area contributed by atoms with Crippen molar-refractivity contribution in [1.82, 2.24) is 10.2 Å². The monoisotopic (exact) mass is 572 g/mol. The van der Waals surface area contributed by atoms with E-state index in [0.717, 1.165) is 0 Å². The number of para-hydroxylation sites is 2. The number of nitrogens with zero attached hydrogens (tertiary/aromatic N) is 1. The van der Waals surface area contributed by atoms with Gasteiger partial charge in [0.1, 0.15) is 0 Å². The maximum absolute atomic E-state index is 13.5. The lowest BCUT2D eigenvalue weighted by Gasteiger charge is -2.32. The van der Waals surface area contributed by atoms with Crippen LogP contribution in [0.1, 0.15) is 53.3 Å². The number of fused-ring (bicyclic) bond motifs is 1. The summed E-state index contributed by atoms with van der Waals surface area (Å²) < 4.78 is 0. The maximum Gasteiger partial charge on any atom is 0.261 e. The molecule has 3 aromatic carbocycles. The molecule has 41 heavy (non-hydrogen) atoms. The first-order chi connectivity index (χ1) is 19.8. The smallest absolute Gasteiger partial charge is 0.261 e. The van der Waals surface area contributed by atoms with Crippen LogP contribution < -0.4 is 16.0 Å². The van der Waals surface area contributed by atoms with E-state index in [-0.39, 0.29) is 24.8 Å². The van der Waals surface area contributed by atoms with Crippen LogP contribution in [0.25, 0.3) is 0 Å². The summed E-state index contributed by atoms with van der Waals surface area (Å²) in [5.74, 6) is -2.60. The fraction of sp³-hybridized carbons (Fsp3) is 0.258. The summed E-state index contributed by atoms with van der Waals surface area (Å²) in [5, 5.41) is 7.30. The van der Waals surface area contributed by atoms with E-state index >= 15 is 0 Å². The topological polar surface area (TPSA) is 125 Å². The highest BCUT2D eigenvalue weighted by molar-refractivity contribution is 7.81. The summed E-state index contributed by atoms with van der Waals surface area (Å²) in [6, 6.07) is 24.0. The molecule has 212 valence electrons. The molecule has 1 aliphatic rings. The third kappa shape index (κ3) is 6.66. The number of unbranched alkanes of at least 4 members (excludes halogenated alkanes) is 1. The second-order valence-corrected chi connectivity index (χ2v) is 10.3. The zero-order chi connectivity index (χ0) is 29.4. The van der Waals surface area contributed by atoms with E-state index in [1.807, 2.05) is 0 Å². The zero-order valence-electron chi connectivity index (χ0n) is 22.6. The first kappa shape index (κ1) is 29.5. The van der Waals surface area contributed by atoms with Gasteiger partial charge >= 0.3 is 0 Å². The Hall–Kier alpha value is -4.44. The average molecular weight is 573 g/mol. The molecule has 0 radical (unpaired) electrons. The standard InChI is InChI=1S/C31H32N4O5S/c1-2-31(29(39)32-21-13-5-3-6-14-21,30(40)33-22-15-7-4-8-16-22)34-26(36)25(41)19-11-12-20-35-27(37)23-17-9-10-18-24(23)28(35)38/h3-10,13-18,25,41H,2,11-12,19-20H2,1H3,(H,32,39)(H,33,40)(H,34,36)/t25-/m0/s1. The van der Waals surface area contributed by atoms with E-state index in [1.165, 1.54) is 4.90 Å². The number of benzene rings is 3. The number of nitrogens with one attached hydrogen (secondary N) is 3. The van der Waals surface area contributed by atoms with Gasteiger partial charge in [-0.15, -0.1) is 0 Å². The minimum absolute atomic E-state index is 0.0175. The van der Waals surface area contributed by atoms with Crippen molar-refractivity contribution in [2.24, 2.45) is 0 Å². The molecule has 1 heterocycles. The Balaban J connectivity index is 1.40. The van der Waals surface area contributed by atoms with E-state index in [2.05, 4.69) is 28.6 Å². The fourth-order valence-electron chi connectivity index (χ4n) is 4.62. The highest BCUT2D eigenvalue weighted by Gasteiger charge is 2.46. The quantitative estimate of drug-likeness (QED) is 0.112. The summed E-state index contributed by atoms with van der Waals surface area (Å²) in [7, 11) is 0. The third-order valence-electron chi connectivity index (χ3n) is 7.00. The van der Waals surface area contributed by atoms with Crippen LogP contribution in [0.2, 0.25) is 0 Å². The van der Waals surface area contributed by atoms with Crippen molar-refractivity contribution in [3.8, 4) is 0 Å². The maximum atomic E-state index is 13.5. The molecule has 10 heteroatoms. The number of hydrogen-bond donors (Lipinski definition) is 4. The third-order valence-corrected chi connectivity index (χ3v) is 7.49. The summed E-state index contributed by atoms with van der Waals surface area (Å²) in [6.07, 6.45) is 1.24. The second kappa shape index (κ2) is 13.3. The number of hydrogen-bond acceptors (Lipinski definition) is 6. The average Bonchev–Trinajstić information content (AvgIpc) is 3.23. The molecule has 4 rings (SSSR count). The predicted octanol–water partition coefficient (Wildman–Crippen LogP) is 4.29. The Labute approximate surface area is 244 Å². The van der Waals surface area contributed by atoms with E-state index in [1.54, 1.807) is 91.9 Å². The number of rotatable bonds is 12. The van der Waals surface area contributed by atoms with Crippen molar-refractivity contribution in [2.45, 2.75) is 43.4 Å². The van der Waals surface area contributed by atoms with Crippen molar-refractivity contribution >= 4 is 53.5 Å². The SMILES string of the molecule is CCC(NC(=O)[C@@H](S)CCCCN1C(=O)c2ccccc2C1=O)(C(=O)Nc1ccccc1)C(=O)Nc1ccccc1. The van der Waals surface area contributed by atoms with Gasteiger partial charge in [-0.25, -0.2) is 0 Å². The van der Waals surface area contributed by atoms with Crippen molar-refractivity contribution in [3.05, 3.63) is 96.1 Å². The van der Waals surface area contributed by atoms with E-state index in [9.17, 15) is 24.0 Å². The van der Waals surface area contributed by atoms with Crippen LogP contribution in [0.3, 0.4) is 0 Å². The van der Waals surface area contributed by atoms with Crippen molar-refractivity contribution in [3.63, 3.8) is 0 Å². The lowest BCUT2D eigenvalue weighted by atomic mass is 9.92. The molecule has 0 fully saturated rings. The molecule has 0 saturated carbocycles. The number of imide groups is 1. The molecular weight excluding hydrogens is 540 g/mol. The molecule has 3 N–H and O–H groups in total. The van der Waals surface area contributed by atoms with Gasteiger partial charge in [0.2, 0.25) is 5.91 Å². The lowest BCUT2D eigenvalue weighted by molar-refractivity contribution is -0.138. The predicted molar refractivity (Wildman–Crippen MR) is 160 cm³/mol. The van der Waals surface area contributed by atoms with Gasteiger partial charge in [-0.1, -0.05) is 61.9 Å². The minimum Gasteiger partial charge on any atom is -0.333 e. The molecule has 0 aromatic heterocycles. The molecular formula is C31H32N4O5S. The molecule has 9 nitrogen and oxygen atoms in total. The fourth-order valence-corrected chi connectivity index (χ4v) is 4.87. The van der Waals surface area contributed by atoms with Gasteiger partial charge in [0, 0.05) is 17.9 Å². The minimum atomic E-state index is -1.91. The van der Waals surface area contributed by atoms with Crippen LogP contribution >= 0.6 is 12.6 Å². The zero-order valence-corrected chi connectivity index (χ0v) is 23.5. The van der Waals surface area contributed by atoms with Crippen LogP contribution in [-0.4, -0.2) is 51.8 Å². The van der Waals surface area contributed by atoms with Crippen molar-refractivity contribution < 1.29 is 24.0 Å². The summed E-state index contributed by atoms with van der Waals surface area (Å²) in [4.78, 5) is 66.7. The van der Waals surface area contributed by atoms with Gasteiger partial charge in [-0.2, -0.15) is 12.6 Å². The summed E-state index contributed by atoms with van der Waals surface area (Å²) >= 11 is 4.45. The van der Waals surface area contributed by atoms with E-state index in [0.29, 0.717) is 41.8 Å². The van der Waals surface area contributed by atoms with Gasteiger partial charge in [0.15, 0.2) is 5.54 Å². The van der Waals surface area contributed by atoms with Gasteiger partial charge in [0.25, 0.3) is 23.6 Å². The molecule has 1 aliphatic heterocycles. The number of carbonyl (C=O) groups is 5.